The second-order valence-corrected chi connectivity index (χ2v) is 4.63. The van der Waals surface area contributed by atoms with Crippen LogP contribution < -0.4 is 5.32 Å². The number of likely N-dealkylation sites (N-methyl/N-ethyl adjacent to an activating group) is 1. The molecule has 1 rings (SSSR count). The first-order valence-corrected chi connectivity index (χ1v) is 6.99. The van der Waals surface area contributed by atoms with E-state index in [1.165, 1.54) is 12.8 Å². The molecule has 0 bridgehead atoms. The molecule has 1 heterocycles. The molecule has 3 amide bonds. The summed E-state index contributed by atoms with van der Waals surface area (Å²) in [6, 6.07) is -0.0996. The monoisotopic (exact) mass is 255 g/mol. The molecule has 1 N–H and O–H groups in total. The minimum Gasteiger partial charge on any atom is -0.342 e. The van der Waals surface area contributed by atoms with Gasteiger partial charge in [-0.05, 0) is 26.7 Å². The summed E-state index contributed by atoms with van der Waals surface area (Å²) in [5, 5.41) is 2.72. The van der Waals surface area contributed by atoms with Crippen LogP contribution in [-0.2, 0) is 4.79 Å². The van der Waals surface area contributed by atoms with Gasteiger partial charge in [-0.3, -0.25) is 4.79 Å². The van der Waals surface area contributed by atoms with Gasteiger partial charge in [0.2, 0.25) is 5.91 Å². The lowest BCUT2D eigenvalue weighted by molar-refractivity contribution is -0.129. The van der Waals surface area contributed by atoms with E-state index in [1.54, 1.807) is 4.90 Å². The summed E-state index contributed by atoms with van der Waals surface area (Å²) in [7, 11) is 0. The van der Waals surface area contributed by atoms with Gasteiger partial charge in [0.05, 0.1) is 6.54 Å². The van der Waals surface area contributed by atoms with Gasteiger partial charge in [0, 0.05) is 26.2 Å². The van der Waals surface area contributed by atoms with Crippen molar-refractivity contribution in [3.05, 3.63) is 0 Å². The predicted octanol–water partition coefficient (Wildman–Crippen LogP) is 1.44. The summed E-state index contributed by atoms with van der Waals surface area (Å²) in [6.07, 6.45) is 4.53. The minimum atomic E-state index is -0.0996. The topological polar surface area (TPSA) is 52.7 Å². The van der Waals surface area contributed by atoms with Crippen LogP contribution in [0.15, 0.2) is 0 Å². The zero-order chi connectivity index (χ0) is 13.4. The molecule has 5 heteroatoms. The van der Waals surface area contributed by atoms with Crippen LogP contribution in [0.5, 0.6) is 0 Å². The van der Waals surface area contributed by atoms with E-state index in [-0.39, 0.29) is 18.5 Å². The van der Waals surface area contributed by atoms with Crippen molar-refractivity contribution in [2.24, 2.45) is 0 Å². The molecule has 0 radical (unpaired) electrons. The van der Waals surface area contributed by atoms with E-state index >= 15 is 0 Å². The second-order valence-electron chi connectivity index (χ2n) is 4.63. The van der Waals surface area contributed by atoms with Crippen LogP contribution in [0, 0.1) is 0 Å². The lowest BCUT2D eigenvalue weighted by Gasteiger charge is -2.22. The summed E-state index contributed by atoms with van der Waals surface area (Å²) in [5.41, 5.74) is 0. The van der Waals surface area contributed by atoms with Crippen LogP contribution in [-0.4, -0.2) is 54.5 Å². The Labute approximate surface area is 110 Å². The van der Waals surface area contributed by atoms with Crippen LogP contribution in [0.3, 0.4) is 0 Å². The van der Waals surface area contributed by atoms with E-state index in [0.717, 1.165) is 25.9 Å². The lowest BCUT2D eigenvalue weighted by Crippen LogP contribution is -2.45. The number of nitrogens with zero attached hydrogens (tertiary/aromatic N) is 2. The van der Waals surface area contributed by atoms with Gasteiger partial charge >= 0.3 is 6.03 Å². The van der Waals surface area contributed by atoms with Crippen LogP contribution >= 0.6 is 0 Å². The Bertz CT molecular complexity index is 269. The third kappa shape index (κ3) is 4.55. The first-order chi connectivity index (χ1) is 8.69. The molecule has 1 aliphatic heterocycles. The van der Waals surface area contributed by atoms with E-state index in [9.17, 15) is 9.59 Å². The maximum atomic E-state index is 11.9. The van der Waals surface area contributed by atoms with Gasteiger partial charge in [-0.25, -0.2) is 4.79 Å². The van der Waals surface area contributed by atoms with E-state index in [4.69, 9.17) is 0 Å². The van der Waals surface area contributed by atoms with Gasteiger partial charge in [-0.15, -0.1) is 0 Å². The fraction of sp³-hybridized carbons (Fsp3) is 0.846. The van der Waals surface area contributed by atoms with E-state index in [0.29, 0.717) is 13.1 Å². The smallest absolute Gasteiger partial charge is 0.317 e. The molecule has 0 aromatic rings. The van der Waals surface area contributed by atoms with Gasteiger partial charge in [-0.1, -0.05) is 12.8 Å². The van der Waals surface area contributed by atoms with Gasteiger partial charge < -0.3 is 15.1 Å². The third-order valence-electron chi connectivity index (χ3n) is 3.40. The minimum absolute atomic E-state index is 0.0110. The maximum absolute atomic E-state index is 11.9. The summed E-state index contributed by atoms with van der Waals surface area (Å²) in [5.74, 6) is -0.0110. The number of carbonyl (C=O) groups excluding carboxylic acids is 2. The van der Waals surface area contributed by atoms with Crippen molar-refractivity contribution < 1.29 is 9.59 Å². The molecule has 5 nitrogen and oxygen atoms in total. The van der Waals surface area contributed by atoms with Crippen molar-refractivity contribution in [3.63, 3.8) is 0 Å². The molecular formula is C13H25N3O2. The number of nitrogens with one attached hydrogen (secondary N) is 1. The SMILES string of the molecule is CCN(CC)C(=O)CNC(=O)N1CCCCCC1. The Morgan fingerprint density at radius 3 is 2.11 bits per heavy atom. The molecule has 0 aromatic heterocycles. The summed E-state index contributed by atoms with van der Waals surface area (Å²) in [4.78, 5) is 27.2. The van der Waals surface area contributed by atoms with Crippen LogP contribution in [0.25, 0.3) is 0 Å². The Morgan fingerprint density at radius 1 is 1.06 bits per heavy atom. The highest BCUT2D eigenvalue weighted by Gasteiger charge is 2.17. The number of hydrogen-bond donors (Lipinski definition) is 1. The van der Waals surface area contributed by atoms with Crippen LogP contribution in [0.1, 0.15) is 39.5 Å². The number of hydrogen-bond acceptors (Lipinski definition) is 2. The Kier molecular flexibility index (Phi) is 6.54. The van der Waals surface area contributed by atoms with Crippen LogP contribution in [0.4, 0.5) is 4.79 Å². The van der Waals surface area contributed by atoms with Gasteiger partial charge in [-0.2, -0.15) is 0 Å². The van der Waals surface area contributed by atoms with Crippen molar-refractivity contribution in [3.8, 4) is 0 Å². The molecule has 1 saturated heterocycles. The van der Waals surface area contributed by atoms with Crippen molar-refractivity contribution in [1.82, 2.24) is 15.1 Å². The molecule has 1 aliphatic rings. The number of likely N-dealkylation sites (tertiary alicyclic amines) is 1. The highest BCUT2D eigenvalue weighted by Crippen LogP contribution is 2.09. The molecule has 18 heavy (non-hydrogen) atoms. The second kappa shape index (κ2) is 7.95. The highest BCUT2D eigenvalue weighted by molar-refractivity contribution is 5.84. The average Bonchev–Trinajstić information content (AvgIpc) is 2.66. The number of amides is 3. The fourth-order valence-corrected chi connectivity index (χ4v) is 2.22. The first-order valence-electron chi connectivity index (χ1n) is 6.99. The molecule has 0 saturated carbocycles. The summed E-state index contributed by atoms with van der Waals surface area (Å²) in [6.45, 7) is 6.99. The zero-order valence-electron chi connectivity index (χ0n) is 11.6. The quantitative estimate of drug-likeness (QED) is 0.826. The number of rotatable bonds is 4. The number of urea groups is 1. The standard InChI is InChI=1S/C13H25N3O2/c1-3-15(4-2)12(17)11-14-13(18)16-9-7-5-6-8-10-16/h3-11H2,1-2H3,(H,14,18). The van der Waals surface area contributed by atoms with Crippen molar-refractivity contribution >= 4 is 11.9 Å². The average molecular weight is 255 g/mol. The largest absolute Gasteiger partial charge is 0.342 e. The lowest BCUT2D eigenvalue weighted by atomic mass is 10.2. The summed E-state index contributed by atoms with van der Waals surface area (Å²) >= 11 is 0. The molecule has 104 valence electrons. The third-order valence-corrected chi connectivity index (χ3v) is 3.40. The molecule has 0 atom stereocenters. The zero-order valence-corrected chi connectivity index (χ0v) is 11.6. The van der Waals surface area contributed by atoms with E-state index in [1.807, 2.05) is 18.7 Å². The molecular weight excluding hydrogens is 230 g/mol. The number of carbonyl (C=O) groups is 2. The van der Waals surface area contributed by atoms with Gasteiger partial charge in [0.15, 0.2) is 0 Å². The van der Waals surface area contributed by atoms with Crippen molar-refractivity contribution in [2.75, 3.05) is 32.7 Å². The highest BCUT2D eigenvalue weighted by atomic mass is 16.2. The molecule has 0 unspecified atom stereocenters. The Balaban J connectivity index is 2.33. The van der Waals surface area contributed by atoms with Gasteiger partial charge in [0.1, 0.15) is 0 Å². The predicted molar refractivity (Wildman–Crippen MR) is 71.4 cm³/mol. The normalized spacial score (nSPS) is 16.0. The van der Waals surface area contributed by atoms with Crippen molar-refractivity contribution in [2.45, 2.75) is 39.5 Å². The fourth-order valence-electron chi connectivity index (χ4n) is 2.22. The molecule has 1 fully saturated rings. The van der Waals surface area contributed by atoms with Crippen LogP contribution in [0.2, 0.25) is 0 Å². The Hall–Kier alpha value is -1.26. The van der Waals surface area contributed by atoms with E-state index < -0.39 is 0 Å². The van der Waals surface area contributed by atoms with Crippen molar-refractivity contribution in [1.29, 1.82) is 0 Å². The molecule has 0 aromatic carbocycles. The molecule has 0 spiro atoms. The van der Waals surface area contributed by atoms with Gasteiger partial charge in [0.25, 0.3) is 0 Å². The van der Waals surface area contributed by atoms with E-state index in [2.05, 4.69) is 5.32 Å². The summed E-state index contributed by atoms with van der Waals surface area (Å²) < 4.78 is 0. The first kappa shape index (κ1) is 14.8. The Morgan fingerprint density at radius 2 is 1.61 bits per heavy atom. The molecule has 0 aliphatic carbocycles. The maximum Gasteiger partial charge on any atom is 0.317 e.